The highest BCUT2D eigenvalue weighted by atomic mass is 79.9. The Morgan fingerprint density at radius 3 is 2.55 bits per heavy atom. The molecular formula is C15H15BrN2O2. The van der Waals surface area contributed by atoms with Crippen LogP contribution in [0.5, 0.6) is 5.75 Å². The highest BCUT2D eigenvalue weighted by molar-refractivity contribution is 9.10. The zero-order valence-corrected chi connectivity index (χ0v) is 13.4. The summed E-state index contributed by atoms with van der Waals surface area (Å²) in [6.45, 7) is 6.35. The minimum Gasteiger partial charge on any atom is -0.496 e. The van der Waals surface area contributed by atoms with Gasteiger partial charge in [0.05, 0.1) is 7.11 Å². The zero-order chi connectivity index (χ0) is 14.9. The number of ether oxygens (including phenoxy) is 1. The quantitative estimate of drug-likeness (QED) is 0.822. The van der Waals surface area contributed by atoms with Gasteiger partial charge in [0.2, 0.25) is 0 Å². The van der Waals surface area contributed by atoms with Crippen LogP contribution in [-0.4, -0.2) is 12.3 Å². The van der Waals surface area contributed by atoms with Gasteiger partial charge in [0.15, 0.2) is 11.5 Å². The predicted molar refractivity (Wildman–Crippen MR) is 79.6 cm³/mol. The van der Waals surface area contributed by atoms with Crippen molar-refractivity contribution < 1.29 is 9.26 Å². The molecule has 0 aliphatic carbocycles. The Morgan fingerprint density at radius 1 is 1.35 bits per heavy atom. The molecule has 0 amide bonds. The minimum absolute atomic E-state index is 0.0636. The molecule has 2 rings (SSSR count). The molecule has 0 spiro atoms. The first-order valence-corrected chi connectivity index (χ1v) is 6.92. The molecule has 2 aromatic rings. The summed E-state index contributed by atoms with van der Waals surface area (Å²) in [7, 11) is 1.66. The summed E-state index contributed by atoms with van der Waals surface area (Å²) >= 11 is 3.35. The van der Waals surface area contributed by atoms with Crippen molar-refractivity contribution in [2.24, 2.45) is 0 Å². The second kappa shape index (κ2) is 5.29. The van der Waals surface area contributed by atoms with Crippen LogP contribution in [0.15, 0.2) is 27.2 Å². The van der Waals surface area contributed by atoms with Gasteiger partial charge in [0.1, 0.15) is 16.3 Å². The van der Waals surface area contributed by atoms with Crippen molar-refractivity contribution in [3.8, 4) is 23.1 Å². The van der Waals surface area contributed by atoms with Crippen LogP contribution in [0, 0.1) is 11.3 Å². The molecule has 1 heterocycles. The van der Waals surface area contributed by atoms with E-state index in [1.165, 1.54) is 0 Å². The number of halogens is 1. The van der Waals surface area contributed by atoms with Gasteiger partial charge in [-0.3, -0.25) is 0 Å². The van der Waals surface area contributed by atoms with Gasteiger partial charge in [-0.1, -0.05) is 25.9 Å². The second-order valence-electron chi connectivity index (χ2n) is 5.45. The van der Waals surface area contributed by atoms with Crippen LogP contribution in [0.25, 0.3) is 11.3 Å². The fourth-order valence-electron chi connectivity index (χ4n) is 1.96. The normalized spacial score (nSPS) is 11.2. The molecule has 104 valence electrons. The first-order chi connectivity index (χ1) is 9.38. The predicted octanol–water partition coefficient (Wildman–Crippen LogP) is 4.28. The summed E-state index contributed by atoms with van der Waals surface area (Å²) < 4.78 is 11.2. The highest BCUT2D eigenvalue weighted by Gasteiger charge is 2.22. The van der Waals surface area contributed by atoms with Crippen LogP contribution in [0.1, 0.15) is 32.0 Å². The SMILES string of the molecule is COc1ccc(-c2onc(C#N)c2Br)cc1C(C)(C)C. The lowest BCUT2D eigenvalue weighted by Crippen LogP contribution is -2.12. The Kier molecular flexibility index (Phi) is 3.87. The van der Waals surface area contributed by atoms with Crippen molar-refractivity contribution in [3.05, 3.63) is 33.9 Å². The van der Waals surface area contributed by atoms with Gasteiger partial charge in [0.25, 0.3) is 0 Å². The molecule has 0 atom stereocenters. The number of benzene rings is 1. The fourth-order valence-corrected chi connectivity index (χ4v) is 2.43. The first-order valence-electron chi connectivity index (χ1n) is 6.12. The molecule has 0 aliphatic heterocycles. The molecule has 0 saturated carbocycles. The van der Waals surface area contributed by atoms with E-state index >= 15 is 0 Å². The van der Waals surface area contributed by atoms with Crippen molar-refractivity contribution in [2.75, 3.05) is 7.11 Å². The number of methoxy groups -OCH3 is 1. The fraction of sp³-hybridized carbons (Fsp3) is 0.333. The number of nitrogens with zero attached hydrogens (tertiary/aromatic N) is 2. The van der Waals surface area contributed by atoms with Crippen molar-refractivity contribution in [1.29, 1.82) is 5.26 Å². The Morgan fingerprint density at radius 2 is 2.05 bits per heavy atom. The second-order valence-corrected chi connectivity index (χ2v) is 6.24. The summed E-state index contributed by atoms with van der Waals surface area (Å²) in [6.07, 6.45) is 0. The van der Waals surface area contributed by atoms with E-state index in [0.717, 1.165) is 16.9 Å². The molecule has 0 saturated heterocycles. The molecular weight excluding hydrogens is 320 g/mol. The van der Waals surface area contributed by atoms with E-state index in [1.807, 2.05) is 24.3 Å². The van der Waals surface area contributed by atoms with Gasteiger partial charge >= 0.3 is 0 Å². The van der Waals surface area contributed by atoms with Crippen LogP contribution >= 0.6 is 15.9 Å². The van der Waals surface area contributed by atoms with E-state index in [4.69, 9.17) is 14.5 Å². The molecule has 4 nitrogen and oxygen atoms in total. The number of hydrogen-bond donors (Lipinski definition) is 0. The summed E-state index contributed by atoms with van der Waals surface area (Å²) in [5, 5.41) is 12.7. The standard InChI is InChI=1S/C15H15BrN2O2/c1-15(2,3)10-7-9(5-6-12(10)19-4)14-13(16)11(8-17)18-20-14/h5-7H,1-4H3. The minimum atomic E-state index is -0.0636. The van der Waals surface area contributed by atoms with Crippen LogP contribution in [-0.2, 0) is 5.41 Å². The molecule has 5 heteroatoms. The lowest BCUT2D eigenvalue weighted by atomic mass is 9.85. The Hall–Kier alpha value is -1.80. The third-order valence-electron chi connectivity index (χ3n) is 3.01. The number of rotatable bonds is 2. The van der Waals surface area contributed by atoms with Gasteiger partial charge in [-0.15, -0.1) is 0 Å². The summed E-state index contributed by atoms with van der Waals surface area (Å²) in [4.78, 5) is 0. The van der Waals surface area contributed by atoms with Gasteiger partial charge in [-0.2, -0.15) is 5.26 Å². The third-order valence-corrected chi connectivity index (χ3v) is 3.75. The Balaban J connectivity index is 2.59. The molecule has 0 unspecified atom stereocenters. The average Bonchev–Trinajstić information content (AvgIpc) is 2.78. The smallest absolute Gasteiger partial charge is 0.198 e. The van der Waals surface area contributed by atoms with Gasteiger partial charge in [-0.05, 0) is 39.5 Å². The van der Waals surface area contributed by atoms with Crippen molar-refractivity contribution in [2.45, 2.75) is 26.2 Å². The zero-order valence-electron chi connectivity index (χ0n) is 11.8. The van der Waals surface area contributed by atoms with E-state index in [1.54, 1.807) is 7.11 Å². The van der Waals surface area contributed by atoms with Crippen molar-refractivity contribution in [1.82, 2.24) is 5.16 Å². The monoisotopic (exact) mass is 334 g/mol. The first kappa shape index (κ1) is 14.6. The lowest BCUT2D eigenvalue weighted by Gasteiger charge is -2.22. The number of aromatic nitrogens is 1. The summed E-state index contributed by atoms with van der Waals surface area (Å²) in [5.74, 6) is 1.38. The lowest BCUT2D eigenvalue weighted by molar-refractivity contribution is 0.397. The van der Waals surface area contributed by atoms with E-state index in [9.17, 15) is 0 Å². The van der Waals surface area contributed by atoms with E-state index in [2.05, 4.69) is 41.9 Å². The van der Waals surface area contributed by atoms with Gasteiger partial charge < -0.3 is 9.26 Å². The van der Waals surface area contributed by atoms with Crippen molar-refractivity contribution in [3.63, 3.8) is 0 Å². The molecule has 0 radical (unpaired) electrons. The maximum absolute atomic E-state index is 8.92. The summed E-state index contributed by atoms with van der Waals surface area (Å²) in [5.41, 5.74) is 2.11. The van der Waals surface area contributed by atoms with E-state index in [-0.39, 0.29) is 11.1 Å². The van der Waals surface area contributed by atoms with E-state index in [0.29, 0.717) is 10.2 Å². The topological polar surface area (TPSA) is 59.1 Å². The van der Waals surface area contributed by atoms with E-state index < -0.39 is 0 Å². The molecule has 20 heavy (non-hydrogen) atoms. The van der Waals surface area contributed by atoms with Crippen LogP contribution in [0.2, 0.25) is 0 Å². The highest BCUT2D eigenvalue weighted by Crippen LogP contribution is 2.37. The summed E-state index contributed by atoms with van der Waals surface area (Å²) in [6, 6.07) is 7.77. The average molecular weight is 335 g/mol. The van der Waals surface area contributed by atoms with Gasteiger partial charge in [-0.25, -0.2) is 0 Å². The number of nitriles is 1. The number of hydrogen-bond acceptors (Lipinski definition) is 4. The van der Waals surface area contributed by atoms with Crippen LogP contribution < -0.4 is 4.74 Å². The molecule has 0 bridgehead atoms. The third kappa shape index (κ3) is 2.56. The maximum Gasteiger partial charge on any atom is 0.198 e. The molecule has 0 N–H and O–H groups in total. The molecule has 0 aliphatic rings. The van der Waals surface area contributed by atoms with Crippen molar-refractivity contribution >= 4 is 15.9 Å². The largest absolute Gasteiger partial charge is 0.496 e. The molecule has 1 aromatic carbocycles. The molecule has 0 fully saturated rings. The van der Waals surface area contributed by atoms with Crippen LogP contribution in [0.3, 0.4) is 0 Å². The van der Waals surface area contributed by atoms with Gasteiger partial charge in [0, 0.05) is 11.1 Å². The Labute approximate surface area is 126 Å². The molecule has 1 aromatic heterocycles. The Bertz CT molecular complexity index is 678. The van der Waals surface area contributed by atoms with Crippen LogP contribution in [0.4, 0.5) is 0 Å². The maximum atomic E-state index is 8.92.